The van der Waals surface area contributed by atoms with Gasteiger partial charge in [0.05, 0.1) is 0 Å². The molecule has 0 saturated carbocycles. The van der Waals surface area contributed by atoms with Crippen LogP contribution in [0.15, 0.2) is 36.5 Å². The molecule has 1 atom stereocenters. The lowest BCUT2D eigenvalue weighted by Gasteiger charge is -2.30. The van der Waals surface area contributed by atoms with E-state index in [1.165, 1.54) is 6.20 Å². The number of carbonyl (C=O) groups excluding carboxylic acids is 2. The maximum Gasteiger partial charge on any atom is 0.272 e. The smallest absolute Gasteiger partial charge is 0.272 e. The summed E-state index contributed by atoms with van der Waals surface area (Å²) in [6, 6.07) is 9.23. The summed E-state index contributed by atoms with van der Waals surface area (Å²) < 4.78 is 0. The van der Waals surface area contributed by atoms with Crippen molar-refractivity contribution in [1.29, 1.82) is 0 Å². The highest BCUT2D eigenvalue weighted by Crippen LogP contribution is 2.22. The van der Waals surface area contributed by atoms with Crippen LogP contribution in [-0.4, -0.2) is 34.8 Å². The Morgan fingerprint density at radius 1 is 1.30 bits per heavy atom. The normalized spacial score (nSPS) is 16.9. The molecule has 3 rings (SSSR count). The largest absolute Gasteiger partial charge is 0.337 e. The van der Waals surface area contributed by atoms with Crippen molar-refractivity contribution >= 4 is 17.5 Å². The molecule has 2 aromatic rings. The standard InChI is InChI=1S/C22H27N3O2/c1-4-17-9-5-8-16(3)20(17)24-21(26)18-10-11-23-19(13-18)22(27)25-12-6-7-15(2)14-25/h5,8-11,13,15H,4,6-7,12,14H2,1-3H3,(H,24,26). The average Bonchev–Trinajstić information content (AvgIpc) is 2.69. The number of hydrogen-bond acceptors (Lipinski definition) is 3. The second-order valence-electron chi connectivity index (χ2n) is 7.35. The molecule has 0 spiro atoms. The van der Waals surface area contributed by atoms with Gasteiger partial charge in [-0.05, 0) is 55.4 Å². The van der Waals surface area contributed by atoms with Gasteiger partial charge in [0, 0.05) is 30.5 Å². The van der Waals surface area contributed by atoms with Gasteiger partial charge < -0.3 is 10.2 Å². The number of rotatable bonds is 4. The number of nitrogens with zero attached hydrogens (tertiary/aromatic N) is 2. The molecule has 0 aliphatic carbocycles. The molecule has 0 bridgehead atoms. The Morgan fingerprint density at radius 3 is 2.85 bits per heavy atom. The highest BCUT2D eigenvalue weighted by molar-refractivity contribution is 6.06. The van der Waals surface area contributed by atoms with Crippen LogP contribution in [0.1, 0.15) is 58.7 Å². The number of anilines is 1. The van der Waals surface area contributed by atoms with E-state index in [-0.39, 0.29) is 11.8 Å². The Morgan fingerprint density at radius 2 is 2.11 bits per heavy atom. The van der Waals surface area contributed by atoms with E-state index in [1.807, 2.05) is 30.0 Å². The van der Waals surface area contributed by atoms with Gasteiger partial charge in [-0.15, -0.1) is 0 Å². The molecule has 1 aromatic carbocycles. The molecule has 2 amide bonds. The number of piperidine rings is 1. The summed E-state index contributed by atoms with van der Waals surface area (Å²) in [7, 11) is 0. The van der Waals surface area contributed by atoms with Crippen LogP contribution in [-0.2, 0) is 6.42 Å². The van der Waals surface area contributed by atoms with Crippen molar-refractivity contribution in [1.82, 2.24) is 9.88 Å². The van der Waals surface area contributed by atoms with Gasteiger partial charge >= 0.3 is 0 Å². The molecule has 5 heteroatoms. The molecule has 2 heterocycles. The SMILES string of the molecule is CCc1cccc(C)c1NC(=O)c1ccnc(C(=O)N2CCCC(C)C2)c1. The van der Waals surface area contributed by atoms with Gasteiger partial charge in [-0.1, -0.05) is 32.0 Å². The van der Waals surface area contributed by atoms with Gasteiger partial charge in [0.25, 0.3) is 11.8 Å². The first kappa shape index (κ1) is 19.1. The van der Waals surface area contributed by atoms with Gasteiger partial charge in [-0.3, -0.25) is 14.6 Å². The van der Waals surface area contributed by atoms with Gasteiger partial charge in [0.2, 0.25) is 0 Å². The predicted octanol–water partition coefficient (Wildman–Crippen LogP) is 4.08. The van der Waals surface area contributed by atoms with E-state index in [2.05, 4.69) is 24.1 Å². The minimum Gasteiger partial charge on any atom is -0.337 e. The lowest BCUT2D eigenvalue weighted by Crippen LogP contribution is -2.39. The fraction of sp³-hybridized carbons (Fsp3) is 0.409. The number of amides is 2. The third-order valence-corrected chi connectivity index (χ3v) is 5.16. The highest BCUT2D eigenvalue weighted by Gasteiger charge is 2.23. The van der Waals surface area contributed by atoms with Crippen molar-refractivity contribution < 1.29 is 9.59 Å². The fourth-order valence-corrected chi connectivity index (χ4v) is 3.61. The molecule has 27 heavy (non-hydrogen) atoms. The highest BCUT2D eigenvalue weighted by atomic mass is 16.2. The van der Waals surface area contributed by atoms with Crippen molar-refractivity contribution in [3.05, 3.63) is 58.9 Å². The van der Waals surface area contributed by atoms with Crippen molar-refractivity contribution in [2.45, 2.75) is 40.0 Å². The number of carbonyl (C=O) groups is 2. The van der Waals surface area contributed by atoms with Crippen LogP contribution in [0.3, 0.4) is 0 Å². The van der Waals surface area contributed by atoms with Gasteiger partial charge in [-0.25, -0.2) is 0 Å². The summed E-state index contributed by atoms with van der Waals surface area (Å²) in [6.07, 6.45) is 4.54. The van der Waals surface area contributed by atoms with Crippen molar-refractivity contribution in [3.8, 4) is 0 Å². The lowest BCUT2D eigenvalue weighted by molar-refractivity contribution is 0.0677. The quantitative estimate of drug-likeness (QED) is 0.888. The Hall–Kier alpha value is -2.69. The lowest BCUT2D eigenvalue weighted by atomic mass is 10.00. The average molecular weight is 365 g/mol. The maximum atomic E-state index is 12.8. The zero-order valence-corrected chi connectivity index (χ0v) is 16.3. The molecular weight excluding hydrogens is 338 g/mol. The molecule has 1 fully saturated rings. The zero-order valence-electron chi connectivity index (χ0n) is 16.3. The summed E-state index contributed by atoms with van der Waals surface area (Å²) in [5.74, 6) is 0.187. The molecule has 142 valence electrons. The second-order valence-corrected chi connectivity index (χ2v) is 7.35. The fourth-order valence-electron chi connectivity index (χ4n) is 3.61. The summed E-state index contributed by atoms with van der Waals surface area (Å²) in [6.45, 7) is 7.70. The molecule has 5 nitrogen and oxygen atoms in total. The third-order valence-electron chi connectivity index (χ3n) is 5.16. The zero-order chi connectivity index (χ0) is 19.4. The van der Waals surface area contributed by atoms with Crippen LogP contribution >= 0.6 is 0 Å². The molecule has 1 N–H and O–H groups in total. The van der Waals surface area contributed by atoms with E-state index in [0.29, 0.717) is 17.2 Å². The third kappa shape index (κ3) is 4.35. The minimum absolute atomic E-state index is 0.0960. The van der Waals surface area contributed by atoms with Crippen molar-refractivity contribution in [2.24, 2.45) is 5.92 Å². The first-order valence-corrected chi connectivity index (χ1v) is 9.64. The predicted molar refractivity (Wildman–Crippen MR) is 107 cm³/mol. The number of nitrogens with one attached hydrogen (secondary N) is 1. The number of pyridine rings is 1. The summed E-state index contributed by atoms with van der Waals surface area (Å²) in [5, 5.41) is 3.01. The Bertz CT molecular complexity index is 847. The monoisotopic (exact) mass is 365 g/mol. The minimum atomic E-state index is -0.220. The first-order chi connectivity index (χ1) is 13.0. The molecule has 1 aliphatic heterocycles. The summed E-state index contributed by atoms with van der Waals surface area (Å²) in [5.41, 5.74) is 3.74. The summed E-state index contributed by atoms with van der Waals surface area (Å²) in [4.78, 5) is 31.6. The molecular formula is C22H27N3O2. The van der Waals surface area contributed by atoms with Crippen LogP contribution < -0.4 is 5.32 Å². The van der Waals surface area contributed by atoms with Crippen LogP contribution in [0.5, 0.6) is 0 Å². The Labute approximate surface area is 160 Å². The van der Waals surface area contributed by atoms with Gasteiger partial charge in [-0.2, -0.15) is 0 Å². The first-order valence-electron chi connectivity index (χ1n) is 9.64. The maximum absolute atomic E-state index is 12.8. The molecule has 1 unspecified atom stereocenters. The second kappa shape index (κ2) is 8.33. The van der Waals surface area contributed by atoms with E-state index in [1.54, 1.807) is 12.1 Å². The molecule has 0 radical (unpaired) electrons. The van der Waals surface area contributed by atoms with E-state index >= 15 is 0 Å². The molecule has 1 saturated heterocycles. The Kier molecular flexibility index (Phi) is 5.89. The van der Waals surface area contributed by atoms with E-state index in [4.69, 9.17) is 0 Å². The van der Waals surface area contributed by atoms with Crippen molar-refractivity contribution in [3.63, 3.8) is 0 Å². The van der Waals surface area contributed by atoms with Crippen LogP contribution in [0.2, 0.25) is 0 Å². The van der Waals surface area contributed by atoms with E-state index in [9.17, 15) is 9.59 Å². The number of aromatic nitrogens is 1. The molecule has 1 aromatic heterocycles. The Balaban J connectivity index is 1.79. The van der Waals surface area contributed by atoms with Crippen LogP contribution in [0.4, 0.5) is 5.69 Å². The number of para-hydroxylation sites is 1. The van der Waals surface area contributed by atoms with E-state index in [0.717, 1.165) is 49.2 Å². The van der Waals surface area contributed by atoms with Gasteiger partial charge in [0.15, 0.2) is 0 Å². The van der Waals surface area contributed by atoms with E-state index < -0.39 is 0 Å². The number of benzene rings is 1. The van der Waals surface area contributed by atoms with Crippen LogP contribution in [0.25, 0.3) is 0 Å². The van der Waals surface area contributed by atoms with Crippen LogP contribution in [0, 0.1) is 12.8 Å². The summed E-state index contributed by atoms with van der Waals surface area (Å²) >= 11 is 0. The molecule has 1 aliphatic rings. The number of hydrogen-bond donors (Lipinski definition) is 1. The van der Waals surface area contributed by atoms with Crippen molar-refractivity contribution in [2.75, 3.05) is 18.4 Å². The number of likely N-dealkylation sites (tertiary alicyclic amines) is 1. The topological polar surface area (TPSA) is 62.3 Å². The van der Waals surface area contributed by atoms with Gasteiger partial charge in [0.1, 0.15) is 5.69 Å². The number of aryl methyl sites for hydroxylation is 2.